The van der Waals surface area contributed by atoms with Gasteiger partial charge < -0.3 is 15.7 Å². The first-order valence-electron chi connectivity index (χ1n) is 7.06. The highest BCUT2D eigenvalue weighted by atomic mass is 16.4. The molecule has 2 aliphatic rings. The summed E-state index contributed by atoms with van der Waals surface area (Å²) in [5.41, 5.74) is 8.00. The molecule has 3 rings (SSSR count). The fourth-order valence-corrected chi connectivity index (χ4v) is 3.68. The van der Waals surface area contributed by atoms with E-state index in [1.165, 1.54) is 32.1 Å². The SMILES string of the molecule is Nc1ccc(C(=O)O)cc1N1CCCC2CCCC21. The number of rotatable bonds is 2. The van der Waals surface area contributed by atoms with Crippen molar-refractivity contribution in [3.8, 4) is 0 Å². The highest BCUT2D eigenvalue weighted by Crippen LogP contribution is 2.40. The topological polar surface area (TPSA) is 66.6 Å². The lowest BCUT2D eigenvalue weighted by molar-refractivity contribution is 0.0697. The molecule has 1 heterocycles. The maximum absolute atomic E-state index is 11.1. The summed E-state index contributed by atoms with van der Waals surface area (Å²) in [6, 6.07) is 5.59. The Hall–Kier alpha value is -1.71. The number of piperidine rings is 1. The number of carboxylic acid groups (broad SMARTS) is 1. The number of anilines is 2. The third kappa shape index (κ3) is 2.15. The molecule has 1 aliphatic heterocycles. The third-order valence-electron chi connectivity index (χ3n) is 4.58. The van der Waals surface area contributed by atoms with E-state index in [1.807, 2.05) is 0 Å². The van der Waals surface area contributed by atoms with Gasteiger partial charge in [-0.2, -0.15) is 0 Å². The number of nitrogen functional groups attached to an aromatic ring is 1. The van der Waals surface area contributed by atoms with Gasteiger partial charge in [-0.05, 0) is 49.8 Å². The van der Waals surface area contributed by atoms with Gasteiger partial charge in [-0.25, -0.2) is 4.79 Å². The second-order valence-corrected chi connectivity index (χ2v) is 5.67. The molecular formula is C15H20N2O2. The van der Waals surface area contributed by atoms with Crippen LogP contribution in [0.1, 0.15) is 42.5 Å². The van der Waals surface area contributed by atoms with E-state index in [4.69, 9.17) is 10.8 Å². The van der Waals surface area contributed by atoms with Crippen LogP contribution < -0.4 is 10.6 Å². The molecule has 0 bridgehead atoms. The van der Waals surface area contributed by atoms with E-state index in [1.54, 1.807) is 18.2 Å². The Morgan fingerprint density at radius 3 is 2.84 bits per heavy atom. The van der Waals surface area contributed by atoms with Crippen LogP contribution in [0.4, 0.5) is 11.4 Å². The number of nitrogens with two attached hydrogens (primary N) is 1. The van der Waals surface area contributed by atoms with Crippen molar-refractivity contribution in [3.05, 3.63) is 23.8 Å². The van der Waals surface area contributed by atoms with Gasteiger partial charge in [-0.15, -0.1) is 0 Å². The van der Waals surface area contributed by atoms with Crippen LogP contribution in [0.25, 0.3) is 0 Å². The second-order valence-electron chi connectivity index (χ2n) is 5.67. The van der Waals surface area contributed by atoms with Gasteiger partial charge in [0, 0.05) is 12.6 Å². The number of aromatic carboxylic acids is 1. The molecule has 0 amide bonds. The van der Waals surface area contributed by atoms with E-state index >= 15 is 0 Å². The smallest absolute Gasteiger partial charge is 0.335 e. The Bertz CT molecular complexity index is 501. The molecule has 102 valence electrons. The monoisotopic (exact) mass is 260 g/mol. The number of hydrogen-bond acceptors (Lipinski definition) is 3. The van der Waals surface area contributed by atoms with Crippen LogP contribution in [-0.4, -0.2) is 23.7 Å². The minimum atomic E-state index is -0.888. The molecule has 0 spiro atoms. The largest absolute Gasteiger partial charge is 0.478 e. The summed E-state index contributed by atoms with van der Waals surface area (Å²) in [7, 11) is 0. The van der Waals surface area contributed by atoms with E-state index in [2.05, 4.69) is 4.90 Å². The zero-order valence-corrected chi connectivity index (χ0v) is 11.0. The predicted octanol–water partition coefficient (Wildman–Crippen LogP) is 2.74. The van der Waals surface area contributed by atoms with E-state index < -0.39 is 5.97 Å². The summed E-state index contributed by atoms with van der Waals surface area (Å²) in [6.45, 7) is 0.994. The number of carbonyl (C=O) groups is 1. The molecule has 4 nitrogen and oxygen atoms in total. The van der Waals surface area contributed by atoms with Crippen LogP contribution in [0, 0.1) is 5.92 Å². The average Bonchev–Trinajstić information content (AvgIpc) is 2.87. The van der Waals surface area contributed by atoms with Gasteiger partial charge in [0.1, 0.15) is 0 Å². The van der Waals surface area contributed by atoms with Crippen molar-refractivity contribution < 1.29 is 9.90 Å². The molecule has 1 saturated heterocycles. The van der Waals surface area contributed by atoms with Gasteiger partial charge in [0.15, 0.2) is 0 Å². The lowest BCUT2D eigenvalue weighted by Crippen LogP contribution is -2.43. The molecule has 1 saturated carbocycles. The van der Waals surface area contributed by atoms with Gasteiger partial charge in [-0.1, -0.05) is 6.42 Å². The summed E-state index contributed by atoms with van der Waals surface area (Å²) in [4.78, 5) is 13.5. The van der Waals surface area contributed by atoms with E-state index in [-0.39, 0.29) is 0 Å². The summed E-state index contributed by atoms with van der Waals surface area (Å²) in [5.74, 6) is -0.122. The van der Waals surface area contributed by atoms with Gasteiger partial charge in [-0.3, -0.25) is 0 Å². The standard InChI is InChI=1S/C15H20N2O2/c16-12-7-6-11(15(18)19)9-14(12)17-8-2-4-10-3-1-5-13(10)17/h6-7,9-10,13H,1-5,8,16H2,(H,18,19). The van der Waals surface area contributed by atoms with Crippen LogP contribution in [0.3, 0.4) is 0 Å². The van der Waals surface area contributed by atoms with Gasteiger partial charge >= 0.3 is 5.97 Å². The van der Waals surface area contributed by atoms with Crippen molar-refractivity contribution in [3.63, 3.8) is 0 Å². The molecule has 0 aromatic heterocycles. The molecule has 2 atom stereocenters. The molecule has 2 unspecified atom stereocenters. The first kappa shape index (κ1) is 12.3. The fraction of sp³-hybridized carbons (Fsp3) is 0.533. The minimum absolute atomic E-state index is 0.323. The van der Waals surface area contributed by atoms with Crippen LogP contribution in [0.2, 0.25) is 0 Å². The molecule has 0 radical (unpaired) electrons. The third-order valence-corrected chi connectivity index (χ3v) is 4.58. The molecule has 1 aliphatic carbocycles. The maximum Gasteiger partial charge on any atom is 0.335 e. The van der Waals surface area contributed by atoms with Crippen LogP contribution >= 0.6 is 0 Å². The first-order chi connectivity index (χ1) is 9.16. The fourth-order valence-electron chi connectivity index (χ4n) is 3.68. The van der Waals surface area contributed by atoms with E-state index in [0.717, 1.165) is 18.2 Å². The lowest BCUT2D eigenvalue weighted by atomic mass is 9.91. The van der Waals surface area contributed by atoms with Crippen molar-refractivity contribution >= 4 is 17.3 Å². The second kappa shape index (κ2) is 4.76. The average molecular weight is 260 g/mol. The van der Waals surface area contributed by atoms with E-state index in [0.29, 0.717) is 17.3 Å². The van der Waals surface area contributed by atoms with Crippen molar-refractivity contribution in [2.45, 2.75) is 38.1 Å². The van der Waals surface area contributed by atoms with Crippen molar-refractivity contribution in [1.29, 1.82) is 0 Å². The minimum Gasteiger partial charge on any atom is -0.478 e. The molecule has 19 heavy (non-hydrogen) atoms. The summed E-state index contributed by atoms with van der Waals surface area (Å²) in [6.07, 6.45) is 6.28. The summed E-state index contributed by atoms with van der Waals surface area (Å²) in [5, 5.41) is 9.13. The highest BCUT2D eigenvalue weighted by molar-refractivity contribution is 5.90. The summed E-state index contributed by atoms with van der Waals surface area (Å²) < 4.78 is 0. The van der Waals surface area contributed by atoms with Gasteiger partial charge in [0.05, 0.1) is 16.9 Å². The van der Waals surface area contributed by atoms with Crippen molar-refractivity contribution in [2.75, 3.05) is 17.2 Å². The Kier molecular flexibility index (Phi) is 3.09. The van der Waals surface area contributed by atoms with Gasteiger partial charge in [0.2, 0.25) is 0 Å². The number of nitrogens with zero attached hydrogens (tertiary/aromatic N) is 1. The molecule has 3 N–H and O–H groups in total. The number of benzene rings is 1. The molecule has 4 heteroatoms. The number of carboxylic acids is 1. The lowest BCUT2D eigenvalue weighted by Gasteiger charge is -2.40. The maximum atomic E-state index is 11.1. The quantitative estimate of drug-likeness (QED) is 0.802. The Balaban J connectivity index is 1.96. The van der Waals surface area contributed by atoms with Crippen LogP contribution in [0.15, 0.2) is 18.2 Å². The normalized spacial score (nSPS) is 26.2. The summed E-state index contributed by atoms with van der Waals surface area (Å²) >= 11 is 0. The molecular weight excluding hydrogens is 240 g/mol. The first-order valence-corrected chi connectivity index (χ1v) is 7.06. The zero-order chi connectivity index (χ0) is 13.4. The Morgan fingerprint density at radius 1 is 1.26 bits per heavy atom. The number of hydrogen-bond donors (Lipinski definition) is 2. The molecule has 1 aromatic rings. The van der Waals surface area contributed by atoms with Crippen molar-refractivity contribution in [2.24, 2.45) is 5.92 Å². The molecule has 2 fully saturated rings. The van der Waals surface area contributed by atoms with Crippen molar-refractivity contribution in [1.82, 2.24) is 0 Å². The number of fused-ring (bicyclic) bond motifs is 1. The van der Waals surface area contributed by atoms with Gasteiger partial charge in [0.25, 0.3) is 0 Å². The van der Waals surface area contributed by atoms with Crippen LogP contribution in [0.5, 0.6) is 0 Å². The Labute approximate surface area is 113 Å². The van der Waals surface area contributed by atoms with E-state index in [9.17, 15) is 4.79 Å². The predicted molar refractivity (Wildman–Crippen MR) is 75.5 cm³/mol. The Morgan fingerprint density at radius 2 is 2.05 bits per heavy atom. The highest BCUT2D eigenvalue weighted by Gasteiger charge is 2.35. The van der Waals surface area contributed by atoms with Crippen LogP contribution in [-0.2, 0) is 0 Å². The molecule has 1 aromatic carbocycles. The zero-order valence-electron chi connectivity index (χ0n) is 11.0.